The quantitative estimate of drug-likeness (QED) is 0.469. The van der Waals surface area contributed by atoms with E-state index >= 15 is 0 Å². The van der Waals surface area contributed by atoms with Crippen LogP contribution in [0.1, 0.15) is 23.1 Å². The zero-order chi connectivity index (χ0) is 19.6. The lowest BCUT2D eigenvalue weighted by molar-refractivity contribution is 0.0757. The number of carbonyl (C=O) groups excluding carboxylic acids is 1. The number of hydrogen-bond donors (Lipinski definition) is 0. The van der Waals surface area contributed by atoms with E-state index in [1.807, 2.05) is 23.6 Å². The standard InChI is InChI=1S/C20H18BrClFN3O/c1-3-9-25(20(27)13-5-7-16(23)15(21)10-13)12-19-24-17-8-6-14(22)11-18(17)26(19)4-2/h3,5-8,10-11H,1,4,9,12H2,2H3. The lowest BCUT2D eigenvalue weighted by Gasteiger charge is -2.21. The third-order valence-corrected chi connectivity index (χ3v) is 5.08. The first-order valence-corrected chi connectivity index (χ1v) is 9.61. The van der Waals surface area contributed by atoms with Crippen molar-refractivity contribution in [2.75, 3.05) is 6.54 Å². The predicted molar refractivity (Wildman–Crippen MR) is 109 cm³/mol. The maximum absolute atomic E-state index is 13.5. The largest absolute Gasteiger partial charge is 0.327 e. The van der Waals surface area contributed by atoms with E-state index in [1.165, 1.54) is 18.2 Å². The monoisotopic (exact) mass is 449 g/mol. The molecule has 0 bridgehead atoms. The molecule has 0 unspecified atom stereocenters. The van der Waals surface area contributed by atoms with Gasteiger partial charge in [0.15, 0.2) is 0 Å². The van der Waals surface area contributed by atoms with Gasteiger partial charge in [0.05, 0.1) is 22.1 Å². The number of benzene rings is 2. The van der Waals surface area contributed by atoms with Crippen LogP contribution in [0, 0.1) is 5.82 Å². The molecule has 0 radical (unpaired) electrons. The number of amides is 1. The van der Waals surface area contributed by atoms with E-state index in [0.717, 1.165) is 16.9 Å². The van der Waals surface area contributed by atoms with Gasteiger partial charge in [-0.1, -0.05) is 17.7 Å². The van der Waals surface area contributed by atoms with E-state index in [1.54, 1.807) is 17.0 Å². The molecule has 140 valence electrons. The molecule has 1 amide bonds. The molecule has 2 aromatic carbocycles. The fraction of sp³-hybridized carbons (Fsp3) is 0.200. The summed E-state index contributed by atoms with van der Waals surface area (Å²) in [6.07, 6.45) is 1.66. The zero-order valence-corrected chi connectivity index (χ0v) is 17.1. The van der Waals surface area contributed by atoms with Gasteiger partial charge in [-0.05, 0) is 59.3 Å². The van der Waals surface area contributed by atoms with Crippen molar-refractivity contribution in [2.24, 2.45) is 0 Å². The summed E-state index contributed by atoms with van der Waals surface area (Å²) in [5.74, 6) is 0.126. The van der Waals surface area contributed by atoms with Crippen molar-refractivity contribution < 1.29 is 9.18 Å². The van der Waals surface area contributed by atoms with Crippen molar-refractivity contribution >= 4 is 44.5 Å². The smallest absolute Gasteiger partial charge is 0.254 e. The molecular weight excluding hydrogens is 433 g/mol. The van der Waals surface area contributed by atoms with Crippen LogP contribution in [-0.4, -0.2) is 26.9 Å². The van der Waals surface area contributed by atoms with Crippen LogP contribution in [0.3, 0.4) is 0 Å². The molecule has 0 aliphatic rings. The minimum absolute atomic E-state index is 0.219. The highest BCUT2D eigenvalue weighted by Gasteiger charge is 2.20. The highest BCUT2D eigenvalue weighted by Crippen LogP contribution is 2.23. The Morgan fingerprint density at radius 3 is 2.81 bits per heavy atom. The van der Waals surface area contributed by atoms with E-state index in [0.29, 0.717) is 30.2 Å². The maximum Gasteiger partial charge on any atom is 0.254 e. The molecule has 0 saturated heterocycles. The number of nitrogens with zero attached hydrogens (tertiary/aromatic N) is 3. The lowest BCUT2D eigenvalue weighted by atomic mass is 10.2. The number of aromatic nitrogens is 2. The summed E-state index contributed by atoms with van der Waals surface area (Å²) in [6, 6.07) is 9.76. The Hall–Kier alpha value is -2.18. The fourth-order valence-electron chi connectivity index (χ4n) is 2.98. The van der Waals surface area contributed by atoms with Gasteiger partial charge in [0.25, 0.3) is 5.91 Å². The molecule has 4 nitrogen and oxygen atoms in total. The molecule has 7 heteroatoms. The molecule has 0 N–H and O–H groups in total. The summed E-state index contributed by atoms with van der Waals surface area (Å²) in [5, 5.41) is 0.638. The second kappa shape index (κ2) is 8.23. The van der Waals surface area contributed by atoms with Gasteiger partial charge in [0.1, 0.15) is 11.6 Å². The molecule has 3 rings (SSSR count). The molecule has 0 atom stereocenters. The maximum atomic E-state index is 13.5. The zero-order valence-electron chi connectivity index (χ0n) is 14.8. The van der Waals surface area contributed by atoms with Gasteiger partial charge in [0.2, 0.25) is 0 Å². The third kappa shape index (κ3) is 4.06. The van der Waals surface area contributed by atoms with Crippen molar-refractivity contribution in [2.45, 2.75) is 20.0 Å². The average molecular weight is 451 g/mol. The van der Waals surface area contributed by atoms with E-state index in [-0.39, 0.29) is 10.4 Å². The molecule has 0 aliphatic heterocycles. The molecule has 1 heterocycles. The van der Waals surface area contributed by atoms with E-state index in [9.17, 15) is 9.18 Å². The molecule has 0 spiro atoms. The predicted octanol–water partition coefficient (Wildman–Crippen LogP) is 5.44. The number of hydrogen-bond acceptors (Lipinski definition) is 2. The van der Waals surface area contributed by atoms with Crippen LogP contribution < -0.4 is 0 Å². The van der Waals surface area contributed by atoms with Gasteiger partial charge in [-0.2, -0.15) is 0 Å². The number of imidazole rings is 1. The van der Waals surface area contributed by atoms with Crippen LogP contribution >= 0.6 is 27.5 Å². The minimum atomic E-state index is -0.411. The van der Waals surface area contributed by atoms with Crippen LogP contribution in [0.2, 0.25) is 5.02 Å². The van der Waals surface area contributed by atoms with Crippen LogP contribution in [-0.2, 0) is 13.1 Å². The van der Waals surface area contributed by atoms with Crippen LogP contribution in [0.4, 0.5) is 4.39 Å². The van der Waals surface area contributed by atoms with Crippen molar-refractivity contribution in [3.8, 4) is 0 Å². The number of fused-ring (bicyclic) bond motifs is 1. The summed E-state index contributed by atoms with van der Waals surface area (Å²) in [7, 11) is 0. The third-order valence-electron chi connectivity index (χ3n) is 4.24. The summed E-state index contributed by atoms with van der Waals surface area (Å²) in [5.41, 5.74) is 2.15. The number of aryl methyl sites for hydroxylation is 1. The Labute approximate surface area is 170 Å². The molecular formula is C20H18BrClFN3O. The van der Waals surface area contributed by atoms with Crippen molar-refractivity contribution in [3.63, 3.8) is 0 Å². The van der Waals surface area contributed by atoms with Crippen LogP contribution in [0.25, 0.3) is 11.0 Å². The molecule has 27 heavy (non-hydrogen) atoms. The van der Waals surface area contributed by atoms with Gasteiger partial charge >= 0.3 is 0 Å². The van der Waals surface area contributed by atoms with Gasteiger partial charge < -0.3 is 9.47 Å². The highest BCUT2D eigenvalue weighted by atomic mass is 79.9. The average Bonchev–Trinajstić information content (AvgIpc) is 2.99. The Kier molecular flexibility index (Phi) is 5.97. The topological polar surface area (TPSA) is 38.1 Å². The second-order valence-corrected chi connectivity index (χ2v) is 7.30. The SMILES string of the molecule is C=CCN(Cc1nc2ccc(Cl)cc2n1CC)C(=O)c1ccc(F)c(Br)c1. The first-order chi connectivity index (χ1) is 12.9. The first-order valence-electron chi connectivity index (χ1n) is 8.44. The van der Waals surface area contributed by atoms with Crippen LogP contribution in [0.5, 0.6) is 0 Å². The summed E-state index contributed by atoms with van der Waals surface area (Å²) >= 11 is 9.24. The molecule has 0 aliphatic carbocycles. The van der Waals surface area contributed by atoms with Crippen molar-refractivity contribution in [1.82, 2.24) is 14.5 Å². The molecule has 0 fully saturated rings. The number of carbonyl (C=O) groups is 1. The van der Waals surface area contributed by atoms with Gasteiger partial charge in [0, 0.05) is 23.7 Å². The molecule has 3 aromatic rings. The van der Waals surface area contributed by atoms with Crippen LogP contribution in [0.15, 0.2) is 53.5 Å². The Balaban J connectivity index is 1.96. The van der Waals surface area contributed by atoms with Gasteiger partial charge in [-0.25, -0.2) is 9.37 Å². The molecule has 1 aromatic heterocycles. The highest BCUT2D eigenvalue weighted by molar-refractivity contribution is 9.10. The summed E-state index contributed by atoms with van der Waals surface area (Å²) < 4.78 is 15.8. The van der Waals surface area contributed by atoms with Crippen molar-refractivity contribution in [3.05, 3.63) is 75.8 Å². The molecule has 0 saturated carbocycles. The van der Waals surface area contributed by atoms with E-state index < -0.39 is 5.82 Å². The van der Waals surface area contributed by atoms with E-state index in [2.05, 4.69) is 27.5 Å². The summed E-state index contributed by atoms with van der Waals surface area (Å²) in [4.78, 5) is 19.2. The lowest BCUT2D eigenvalue weighted by Crippen LogP contribution is -2.32. The first kappa shape index (κ1) is 19.6. The fourth-order valence-corrected chi connectivity index (χ4v) is 3.52. The normalized spacial score (nSPS) is 11.0. The van der Waals surface area contributed by atoms with Gasteiger partial charge in [-0.3, -0.25) is 4.79 Å². The second-order valence-electron chi connectivity index (χ2n) is 6.01. The Bertz CT molecular complexity index is 1020. The Morgan fingerprint density at radius 1 is 1.37 bits per heavy atom. The summed E-state index contributed by atoms with van der Waals surface area (Å²) in [6.45, 7) is 7.11. The number of halogens is 3. The van der Waals surface area contributed by atoms with Gasteiger partial charge in [-0.15, -0.1) is 6.58 Å². The van der Waals surface area contributed by atoms with Crippen molar-refractivity contribution in [1.29, 1.82) is 0 Å². The number of rotatable bonds is 6. The Morgan fingerprint density at radius 2 is 2.15 bits per heavy atom. The minimum Gasteiger partial charge on any atom is -0.327 e. The van der Waals surface area contributed by atoms with E-state index in [4.69, 9.17) is 11.6 Å².